The number of carbonyl (C=O) groups excluding carboxylic acids is 2. The molecule has 3 nitrogen and oxygen atoms in total. The lowest BCUT2D eigenvalue weighted by atomic mass is 9.88. The molecular weight excluding hydrogens is 329 g/mol. The van der Waals surface area contributed by atoms with Crippen LogP contribution >= 0.6 is 0 Å². The largest absolute Gasteiger partial charge is 0.300 e. The molecule has 0 N–H and O–H groups in total. The van der Waals surface area contributed by atoms with E-state index in [-0.39, 0.29) is 29.5 Å². The summed E-state index contributed by atoms with van der Waals surface area (Å²) in [6, 6.07) is 15.3. The van der Waals surface area contributed by atoms with Gasteiger partial charge < -0.3 is 0 Å². The summed E-state index contributed by atoms with van der Waals surface area (Å²) in [5.74, 6) is -0.166. The molecule has 2 unspecified atom stereocenters. The van der Waals surface area contributed by atoms with E-state index in [4.69, 9.17) is 0 Å². The molecule has 0 radical (unpaired) electrons. The first-order valence-corrected chi connectivity index (χ1v) is 9.13. The first kappa shape index (κ1) is 18.5. The molecule has 1 fully saturated rings. The molecule has 1 heterocycles. The Labute approximate surface area is 153 Å². The zero-order chi connectivity index (χ0) is 18.5. The van der Waals surface area contributed by atoms with Gasteiger partial charge >= 0.3 is 0 Å². The van der Waals surface area contributed by atoms with E-state index in [1.165, 1.54) is 24.3 Å². The highest BCUT2D eigenvalue weighted by Gasteiger charge is 2.30. The van der Waals surface area contributed by atoms with Gasteiger partial charge in [0.15, 0.2) is 11.6 Å². The molecule has 2 aromatic carbocycles. The third-order valence-corrected chi connectivity index (χ3v) is 5.33. The summed E-state index contributed by atoms with van der Waals surface area (Å²) in [6.07, 6.45) is 3.80. The van der Waals surface area contributed by atoms with Gasteiger partial charge in [0.05, 0.1) is 0 Å². The van der Waals surface area contributed by atoms with Crippen LogP contribution in [0.3, 0.4) is 0 Å². The number of ketones is 2. The summed E-state index contributed by atoms with van der Waals surface area (Å²) >= 11 is 0. The van der Waals surface area contributed by atoms with E-state index < -0.39 is 0 Å². The maximum absolute atomic E-state index is 13.0. The van der Waals surface area contributed by atoms with Crippen LogP contribution in [-0.4, -0.2) is 35.6 Å². The van der Waals surface area contributed by atoms with Crippen molar-refractivity contribution in [1.82, 2.24) is 4.90 Å². The molecule has 0 spiro atoms. The van der Waals surface area contributed by atoms with E-state index in [1.54, 1.807) is 0 Å². The highest BCUT2D eigenvalue weighted by Crippen LogP contribution is 2.27. The van der Waals surface area contributed by atoms with Crippen LogP contribution in [0.2, 0.25) is 0 Å². The molecule has 4 heteroatoms. The molecule has 2 atom stereocenters. The summed E-state index contributed by atoms with van der Waals surface area (Å²) in [4.78, 5) is 27.2. The van der Waals surface area contributed by atoms with Crippen molar-refractivity contribution in [3.8, 4) is 0 Å². The standard InChI is InChI=1S/C22H24FNO2/c1-24-19(14-21(25)16-6-3-2-4-7-16)8-5-9-20(24)15-22(26)17-10-12-18(23)13-11-17/h2-4,6-7,10-13,19-20H,5,8-9,14-15H2,1H3. The number of Topliss-reactive ketones (excluding diaryl/α,β-unsaturated/α-hetero) is 2. The molecule has 1 saturated heterocycles. The Hall–Kier alpha value is -2.33. The number of hydrogen-bond donors (Lipinski definition) is 0. The second-order valence-corrected chi connectivity index (χ2v) is 7.03. The fourth-order valence-electron chi connectivity index (χ4n) is 3.71. The number of nitrogens with zero attached hydrogens (tertiary/aromatic N) is 1. The first-order chi connectivity index (χ1) is 12.5. The van der Waals surface area contributed by atoms with Gasteiger partial charge in [-0.3, -0.25) is 14.5 Å². The fraction of sp³-hybridized carbons (Fsp3) is 0.364. The molecular formula is C22H24FNO2. The van der Waals surface area contributed by atoms with Gasteiger partial charge in [-0.1, -0.05) is 36.8 Å². The van der Waals surface area contributed by atoms with Crippen LogP contribution in [0, 0.1) is 5.82 Å². The zero-order valence-corrected chi connectivity index (χ0v) is 15.0. The Morgan fingerprint density at radius 1 is 0.885 bits per heavy atom. The maximum Gasteiger partial charge on any atom is 0.164 e. The first-order valence-electron chi connectivity index (χ1n) is 9.13. The maximum atomic E-state index is 13.0. The summed E-state index contributed by atoms with van der Waals surface area (Å²) in [5.41, 5.74) is 1.28. The Morgan fingerprint density at radius 3 is 1.92 bits per heavy atom. The van der Waals surface area contributed by atoms with Crippen molar-refractivity contribution < 1.29 is 14.0 Å². The molecule has 0 aliphatic carbocycles. The Kier molecular flexibility index (Phi) is 5.94. The van der Waals surface area contributed by atoms with Crippen molar-refractivity contribution in [3.63, 3.8) is 0 Å². The molecule has 0 aromatic heterocycles. The van der Waals surface area contributed by atoms with Crippen LogP contribution in [0.4, 0.5) is 4.39 Å². The number of halogens is 1. The average Bonchev–Trinajstić information content (AvgIpc) is 2.66. The number of benzene rings is 2. The van der Waals surface area contributed by atoms with Gasteiger partial charge in [-0.05, 0) is 44.2 Å². The zero-order valence-electron chi connectivity index (χ0n) is 15.0. The van der Waals surface area contributed by atoms with Crippen LogP contribution < -0.4 is 0 Å². The predicted octanol–water partition coefficient (Wildman–Crippen LogP) is 4.52. The van der Waals surface area contributed by atoms with Crippen molar-refractivity contribution >= 4 is 11.6 Å². The second kappa shape index (κ2) is 8.37. The van der Waals surface area contributed by atoms with Crippen LogP contribution in [-0.2, 0) is 0 Å². The summed E-state index contributed by atoms with van der Waals surface area (Å²) in [7, 11) is 2.00. The van der Waals surface area contributed by atoms with Gasteiger partial charge in [-0.2, -0.15) is 0 Å². The van der Waals surface area contributed by atoms with Crippen molar-refractivity contribution in [3.05, 3.63) is 71.5 Å². The van der Waals surface area contributed by atoms with E-state index in [0.717, 1.165) is 24.8 Å². The second-order valence-electron chi connectivity index (χ2n) is 7.03. The fourth-order valence-corrected chi connectivity index (χ4v) is 3.71. The lowest BCUT2D eigenvalue weighted by Crippen LogP contribution is -2.45. The van der Waals surface area contributed by atoms with Gasteiger partial charge in [0.25, 0.3) is 0 Å². The minimum absolute atomic E-state index is 0.0249. The summed E-state index contributed by atoms with van der Waals surface area (Å²) in [5, 5.41) is 0. The lowest BCUT2D eigenvalue weighted by molar-refractivity contribution is 0.0723. The number of carbonyl (C=O) groups is 2. The monoisotopic (exact) mass is 353 g/mol. The van der Waals surface area contributed by atoms with E-state index in [1.807, 2.05) is 37.4 Å². The minimum Gasteiger partial charge on any atom is -0.300 e. The van der Waals surface area contributed by atoms with Crippen LogP contribution in [0.1, 0.15) is 52.8 Å². The minimum atomic E-state index is -0.337. The Bertz CT molecular complexity index is 757. The van der Waals surface area contributed by atoms with E-state index in [2.05, 4.69) is 4.90 Å². The molecule has 26 heavy (non-hydrogen) atoms. The van der Waals surface area contributed by atoms with Crippen LogP contribution in [0.25, 0.3) is 0 Å². The third-order valence-electron chi connectivity index (χ3n) is 5.33. The summed E-state index contributed by atoms with van der Waals surface area (Å²) < 4.78 is 13.0. The summed E-state index contributed by atoms with van der Waals surface area (Å²) in [6.45, 7) is 0. The molecule has 0 amide bonds. The van der Waals surface area contributed by atoms with Gasteiger partial charge in [-0.25, -0.2) is 4.39 Å². The molecule has 2 aromatic rings. The Balaban J connectivity index is 1.62. The molecule has 1 aliphatic rings. The quantitative estimate of drug-likeness (QED) is 0.716. The van der Waals surface area contributed by atoms with Crippen molar-refractivity contribution in [2.24, 2.45) is 0 Å². The van der Waals surface area contributed by atoms with Gasteiger partial charge in [0.1, 0.15) is 5.82 Å². The van der Waals surface area contributed by atoms with Gasteiger partial charge in [-0.15, -0.1) is 0 Å². The highest BCUT2D eigenvalue weighted by molar-refractivity contribution is 5.97. The van der Waals surface area contributed by atoms with Crippen LogP contribution in [0.5, 0.6) is 0 Å². The highest BCUT2D eigenvalue weighted by atomic mass is 19.1. The normalized spacial score (nSPS) is 20.7. The van der Waals surface area contributed by atoms with E-state index in [0.29, 0.717) is 18.4 Å². The van der Waals surface area contributed by atoms with Gasteiger partial charge in [0, 0.05) is 36.1 Å². The predicted molar refractivity (Wildman–Crippen MR) is 99.9 cm³/mol. The topological polar surface area (TPSA) is 37.4 Å². The lowest BCUT2D eigenvalue weighted by Gasteiger charge is -2.39. The third kappa shape index (κ3) is 4.44. The molecule has 3 rings (SSSR count). The molecule has 0 saturated carbocycles. The van der Waals surface area contributed by atoms with Crippen molar-refractivity contribution in [2.75, 3.05) is 7.05 Å². The molecule has 0 bridgehead atoms. The van der Waals surface area contributed by atoms with E-state index >= 15 is 0 Å². The SMILES string of the molecule is CN1C(CC(=O)c2ccccc2)CCCC1CC(=O)c1ccc(F)cc1. The molecule has 1 aliphatic heterocycles. The van der Waals surface area contributed by atoms with Crippen molar-refractivity contribution in [2.45, 2.75) is 44.2 Å². The van der Waals surface area contributed by atoms with Crippen LogP contribution in [0.15, 0.2) is 54.6 Å². The number of likely N-dealkylation sites (tertiary alicyclic amines) is 1. The van der Waals surface area contributed by atoms with E-state index in [9.17, 15) is 14.0 Å². The Morgan fingerprint density at radius 2 is 1.38 bits per heavy atom. The smallest absolute Gasteiger partial charge is 0.164 e. The van der Waals surface area contributed by atoms with Crippen molar-refractivity contribution in [1.29, 1.82) is 0 Å². The number of hydrogen-bond acceptors (Lipinski definition) is 3. The number of piperidine rings is 1. The average molecular weight is 353 g/mol. The number of rotatable bonds is 6. The molecule has 136 valence electrons. The van der Waals surface area contributed by atoms with Gasteiger partial charge in [0.2, 0.25) is 0 Å².